The Morgan fingerprint density at radius 3 is 2.70 bits per heavy atom. The Balaban J connectivity index is 2.12. The van der Waals surface area contributed by atoms with Gasteiger partial charge in [0.25, 0.3) is 0 Å². The molecule has 23 heavy (non-hydrogen) atoms. The lowest BCUT2D eigenvalue weighted by Gasteiger charge is -2.13. The van der Waals surface area contributed by atoms with Crippen LogP contribution in [0.4, 0.5) is 5.82 Å². The average Bonchev–Trinajstić information content (AvgIpc) is 2.59. The van der Waals surface area contributed by atoms with Gasteiger partial charge in [0.1, 0.15) is 11.6 Å². The third kappa shape index (κ3) is 4.09. The molecule has 0 aliphatic heterocycles. The highest BCUT2D eigenvalue weighted by Crippen LogP contribution is 2.22. The fourth-order valence-electron chi connectivity index (χ4n) is 2.42. The molecule has 0 bridgehead atoms. The second kappa shape index (κ2) is 7.77. The zero-order chi connectivity index (χ0) is 16.8. The zero-order valence-electron chi connectivity index (χ0n) is 14.4. The quantitative estimate of drug-likeness (QED) is 0.823. The Kier molecular flexibility index (Phi) is 5.74. The number of aryl methyl sites for hydroxylation is 2. The molecule has 0 aliphatic carbocycles. The second-order valence-electron chi connectivity index (χ2n) is 5.50. The lowest BCUT2D eigenvalue weighted by molar-refractivity contribution is 0.410. The molecule has 2 aromatic rings. The number of rotatable bonds is 7. The van der Waals surface area contributed by atoms with E-state index in [1.165, 1.54) is 5.56 Å². The molecule has 1 aromatic heterocycles. The molecule has 0 saturated heterocycles. The minimum absolute atomic E-state index is 0.648. The van der Waals surface area contributed by atoms with Crippen molar-refractivity contribution in [1.29, 1.82) is 0 Å². The molecule has 1 heterocycles. The fourth-order valence-corrected chi connectivity index (χ4v) is 2.42. The lowest BCUT2D eigenvalue weighted by atomic mass is 10.1. The molecule has 0 saturated carbocycles. The maximum absolute atomic E-state index is 5.48. The van der Waals surface area contributed by atoms with Gasteiger partial charge in [-0.1, -0.05) is 32.6 Å². The normalized spacial score (nSPS) is 10.4. The molecular formula is C19H25N3O. The lowest BCUT2D eigenvalue weighted by Crippen LogP contribution is -2.06. The molecule has 4 heteroatoms. The summed E-state index contributed by atoms with van der Waals surface area (Å²) < 4.78 is 5.48. The third-order valence-electron chi connectivity index (χ3n) is 3.93. The molecule has 1 aromatic carbocycles. The van der Waals surface area contributed by atoms with Gasteiger partial charge in [0.2, 0.25) is 0 Å². The van der Waals surface area contributed by atoms with Crippen LogP contribution in [0, 0.1) is 6.92 Å². The van der Waals surface area contributed by atoms with Gasteiger partial charge in [-0.25, -0.2) is 4.98 Å². The standard InChI is InChI=1S/C19H25N3O/c1-6-13(3)19-14(4)22-18(12-21-19)20-11-16-9-8-15(7-2)10-17(16)23-5/h8-10,12H,3,6-7,11H2,1-2,4-5H3,(H,20,22). The van der Waals surface area contributed by atoms with Gasteiger partial charge in [-0.2, -0.15) is 0 Å². The van der Waals surface area contributed by atoms with Gasteiger partial charge in [-0.15, -0.1) is 0 Å². The number of methoxy groups -OCH3 is 1. The van der Waals surface area contributed by atoms with E-state index in [1.54, 1.807) is 13.3 Å². The summed E-state index contributed by atoms with van der Waals surface area (Å²) in [6, 6.07) is 6.31. The predicted octanol–water partition coefficient (Wildman–Crippen LogP) is 4.39. The van der Waals surface area contributed by atoms with Crippen molar-refractivity contribution >= 4 is 11.4 Å². The highest BCUT2D eigenvalue weighted by atomic mass is 16.5. The van der Waals surface area contributed by atoms with Crippen molar-refractivity contribution in [3.8, 4) is 5.75 Å². The third-order valence-corrected chi connectivity index (χ3v) is 3.93. The second-order valence-corrected chi connectivity index (χ2v) is 5.50. The Morgan fingerprint density at radius 1 is 1.30 bits per heavy atom. The zero-order valence-corrected chi connectivity index (χ0v) is 14.4. The fraction of sp³-hybridized carbons (Fsp3) is 0.368. The van der Waals surface area contributed by atoms with E-state index < -0.39 is 0 Å². The van der Waals surface area contributed by atoms with Crippen LogP contribution in [0.25, 0.3) is 5.57 Å². The molecule has 122 valence electrons. The molecule has 2 rings (SSSR count). The highest BCUT2D eigenvalue weighted by molar-refractivity contribution is 5.62. The Labute approximate surface area is 138 Å². The number of ether oxygens (including phenoxy) is 1. The van der Waals surface area contributed by atoms with Crippen LogP contribution >= 0.6 is 0 Å². The molecule has 0 spiro atoms. The first-order chi connectivity index (χ1) is 11.1. The Hall–Kier alpha value is -2.36. The number of benzene rings is 1. The van der Waals surface area contributed by atoms with Crippen LogP contribution in [0.2, 0.25) is 0 Å². The van der Waals surface area contributed by atoms with Gasteiger partial charge in [-0.3, -0.25) is 4.98 Å². The van der Waals surface area contributed by atoms with Crippen LogP contribution in [0.3, 0.4) is 0 Å². The van der Waals surface area contributed by atoms with Crippen LogP contribution in [-0.2, 0) is 13.0 Å². The maximum Gasteiger partial charge on any atom is 0.145 e. The minimum atomic E-state index is 0.648. The highest BCUT2D eigenvalue weighted by Gasteiger charge is 2.08. The minimum Gasteiger partial charge on any atom is -0.496 e. The van der Waals surface area contributed by atoms with Crippen molar-refractivity contribution in [2.45, 2.75) is 40.2 Å². The van der Waals surface area contributed by atoms with Crippen molar-refractivity contribution in [3.63, 3.8) is 0 Å². The van der Waals surface area contributed by atoms with Gasteiger partial charge in [0, 0.05) is 12.1 Å². The number of nitrogens with zero attached hydrogens (tertiary/aromatic N) is 2. The van der Waals surface area contributed by atoms with Crippen LogP contribution in [0.1, 0.15) is 42.8 Å². The van der Waals surface area contributed by atoms with Crippen molar-refractivity contribution < 1.29 is 4.74 Å². The smallest absolute Gasteiger partial charge is 0.145 e. The van der Waals surface area contributed by atoms with Crippen molar-refractivity contribution in [1.82, 2.24) is 9.97 Å². The number of aromatic nitrogens is 2. The monoisotopic (exact) mass is 311 g/mol. The first kappa shape index (κ1) is 17.0. The van der Waals surface area contributed by atoms with Crippen LogP contribution in [0.5, 0.6) is 5.75 Å². The summed E-state index contributed by atoms with van der Waals surface area (Å²) in [7, 11) is 1.70. The van der Waals surface area contributed by atoms with Crippen LogP contribution < -0.4 is 10.1 Å². The number of hydrogen-bond acceptors (Lipinski definition) is 4. The van der Waals surface area contributed by atoms with Crippen molar-refractivity contribution in [2.75, 3.05) is 12.4 Å². The molecule has 0 radical (unpaired) electrons. The van der Waals surface area contributed by atoms with Crippen LogP contribution in [0.15, 0.2) is 31.0 Å². The average molecular weight is 311 g/mol. The van der Waals surface area contributed by atoms with Gasteiger partial charge >= 0.3 is 0 Å². The summed E-state index contributed by atoms with van der Waals surface area (Å²) in [5, 5.41) is 3.31. The first-order valence-corrected chi connectivity index (χ1v) is 8.00. The molecule has 0 atom stereocenters. The molecule has 0 amide bonds. The molecule has 4 nitrogen and oxygen atoms in total. The Morgan fingerprint density at radius 2 is 2.09 bits per heavy atom. The van der Waals surface area contributed by atoms with E-state index in [9.17, 15) is 0 Å². The van der Waals surface area contributed by atoms with E-state index in [4.69, 9.17) is 4.74 Å². The van der Waals surface area contributed by atoms with Gasteiger partial charge in [-0.05, 0) is 37.0 Å². The first-order valence-electron chi connectivity index (χ1n) is 8.00. The van der Waals surface area contributed by atoms with E-state index in [0.29, 0.717) is 6.54 Å². The maximum atomic E-state index is 5.48. The molecule has 1 N–H and O–H groups in total. The predicted molar refractivity (Wildman–Crippen MR) is 95.8 cm³/mol. The molecule has 0 aliphatic rings. The summed E-state index contributed by atoms with van der Waals surface area (Å²) in [4.78, 5) is 9.05. The Bertz CT molecular complexity index is 695. The van der Waals surface area contributed by atoms with Crippen LogP contribution in [-0.4, -0.2) is 17.1 Å². The van der Waals surface area contributed by atoms with E-state index in [1.807, 2.05) is 6.92 Å². The summed E-state index contributed by atoms with van der Waals surface area (Å²) in [6.07, 6.45) is 3.64. The van der Waals surface area contributed by atoms with E-state index >= 15 is 0 Å². The molecular weight excluding hydrogens is 286 g/mol. The summed E-state index contributed by atoms with van der Waals surface area (Å²) >= 11 is 0. The molecule has 0 fully saturated rings. The van der Waals surface area contributed by atoms with Gasteiger partial charge in [0.15, 0.2) is 0 Å². The topological polar surface area (TPSA) is 47.0 Å². The van der Waals surface area contributed by atoms with Crippen molar-refractivity contribution in [3.05, 3.63) is 53.5 Å². The van der Waals surface area contributed by atoms with E-state index in [0.717, 1.165) is 46.9 Å². The van der Waals surface area contributed by atoms with E-state index in [-0.39, 0.29) is 0 Å². The largest absolute Gasteiger partial charge is 0.496 e. The number of anilines is 1. The summed E-state index contributed by atoms with van der Waals surface area (Å²) in [5.74, 6) is 1.66. The summed E-state index contributed by atoms with van der Waals surface area (Å²) in [6.45, 7) is 10.8. The van der Waals surface area contributed by atoms with Gasteiger partial charge < -0.3 is 10.1 Å². The van der Waals surface area contributed by atoms with Crippen molar-refractivity contribution in [2.24, 2.45) is 0 Å². The number of nitrogens with one attached hydrogen (secondary N) is 1. The molecule has 0 unspecified atom stereocenters. The number of hydrogen-bond donors (Lipinski definition) is 1. The SMILES string of the molecule is C=C(CC)c1ncc(NCc2ccc(CC)cc2OC)nc1C. The summed E-state index contributed by atoms with van der Waals surface area (Å²) in [5.41, 5.74) is 5.17. The van der Waals surface area contributed by atoms with E-state index in [2.05, 4.69) is 53.9 Å². The number of allylic oxidation sites excluding steroid dienone is 1. The van der Waals surface area contributed by atoms with Gasteiger partial charge in [0.05, 0.1) is 24.7 Å².